The lowest BCUT2D eigenvalue weighted by atomic mass is 9.72. The van der Waals surface area contributed by atoms with Crippen molar-refractivity contribution in [2.45, 2.75) is 80.6 Å². The topological polar surface area (TPSA) is 0 Å². The summed E-state index contributed by atoms with van der Waals surface area (Å²) in [5.74, 6) is 0. The van der Waals surface area contributed by atoms with Gasteiger partial charge in [0.1, 0.15) is 0 Å². The van der Waals surface area contributed by atoms with E-state index in [2.05, 4.69) is 69.2 Å². The second-order valence-corrected chi connectivity index (χ2v) is 19.3. The van der Waals surface area contributed by atoms with Crippen molar-refractivity contribution >= 4 is 35.7 Å². The van der Waals surface area contributed by atoms with Crippen molar-refractivity contribution in [1.82, 2.24) is 0 Å². The van der Waals surface area contributed by atoms with Gasteiger partial charge in [0, 0.05) is 34.2 Å². The average molecular weight is 423 g/mol. The Bertz CT molecular complexity index is 937. The van der Waals surface area contributed by atoms with Gasteiger partial charge in [-0.25, -0.2) is 0 Å². The molecule has 4 aliphatic heterocycles. The van der Waals surface area contributed by atoms with E-state index in [9.17, 15) is 0 Å². The summed E-state index contributed by atoms with van der Waals surface area (Å²) < 4.78 is 0. The molecule has 0 saturated carbocycles. The lowest BCUT2D eigenvalue weighted by Crippen LogP contribution is -2.24. The van der Waals surface area contributed by atoms with E-state index in [-0.39, 0.29) is 10.8 Å². The van der Waals surface area contributed by atoms with Gasteiger partial charge in [-0.15, -0.1) is 0 Å². The second-order valence-electron chi connectivity index (χ2n) is 9.44. The Labute approximate surface area is 170 Å². The van der Waals surface area contributed by atoms with Crippen molar-refractivity contribution in [1.29, 1.82) is 0 Å². The van der Waals surface area contributed by atoms with E-state index >= 15 is 0 Å². The highest BCUT2D eigenvalue weighted by Gasteiger charge is 2.65. The SMILES string of the molecule is CC1=C(C)[P@@]2(=S)C(C3=C(C)[C@]4(C)C(C)=C(C)[P@@]3(=S)C4C)=C(C)[C@]1(C)C2C. The molecule has 4 heterocycles. The molecule has 0 aromatic rings. The van der Waals surface area contributed by atoms with Crippen molar-refractivity contribution in [3.05, 3.63) is 43.5 Å². The predicted molar refractivity (Wildman–Crippen MR) is 126 cm³/mol. The molecule has 0 aromatic carbocycles. The van der Waals surface area contributed by atoms with E-state index < -0.39 is 12.1 Å². The number of hydrogen-bond acceptors (Lipinski definition) is 2. The van der Waals surface area contributed by atoms with Gasteiger partial charge in [0.05, 0.1) is 0 Å². The van der Waals surface area contributed by atoms with Gasteiger partial charge in [-0.3, -0.25) is 0 Å². The largest absolute Gasteiger partial charge is 0.0876 e. The molecular weight excluding hydrogens is 390 g/mol. The minimum atomic E-state index is -1.74. The van der Waals surface area contributed by atoms with Crippen molar-refractivity contribution in [3.63, 3.8) is 0 Å². The lowest BCUT2D eigenvalue weighted by Gasteiger charge is -2.34. The standard InChI is InChI=1S/C22H32P2S2/c1-11-15(5)23(25)17(7)21(11,9)13(3)19(23)20-14(4)22(10)12(2)16(6)24(20,26)18(22)8/h17-18H,1-10H3/t17?,18?,21-,22+,23+,24-. The van der Waals surface area contributed by atoms with Gasteiger partial charge in [0.2, 0.25) is 0 Å². The van der Waals surface area contributed by atoms with Crippen LogP contribution in [-0.2, 0) is 23.6 Å². The summed E-state index contributed by atoms with van der Waals surface area (Å²) in [7, 11) is 0. The molecule has 0 N–H and O–H groups in total. The van der Waals surface area contributed by atoms with Gasteiger partial charge < -0.3 is 0 Å². The molecule has 4 bridgehead atoms. The van der Waals surface area contributed by atoms with Crippen LogP contribution in [0.4, 0.5) is 0 Å². The minimum Gasteiger partial charge on any atom is -0.0876 e. The van der Waals surface area contributed by atoms with Crippen LogP contribution in [0.1, 0.15) is 69.2 Å². The van der Waals surface area contributed by atoms with Crippen LogP contribution < -0.4 is 0 Å². The summed E-state index contributed by atoms with van der Waals surface area (Å²) in [5, 5.41) is 6.22. The Hall–Kier alpha value is 0.260. The number of hydrogen-bond donors (Lipinski definition) is 0. The Balaban J connectivity index is 2.09. The molecule has 0 saturated heterocycles. The van der Waals surface area contributed by atoms with Crippen LogP contribution in [0.5, 0.6) is 0 Å². The molecule has 0 aliphatic carbocycles. The third-order valence-electron chi connectivity index (χ3n) is 9.56. The molecule has 142 valence electrons. The van der Waals surface area contributed by atoms with Crippen molar-refractivity contribution < 1.29 is 0 Å². The van der Waals surface area contributed by atoms with E-state index in [1.54, 1.807) is 32.9 Å². The molecule has 2 unspecified atom stereocenters. The fraction of sp³-hybridized carbons (Fsp3) is 0.636. The average Bonchev–Trinajstić information content (AvgIpc) is 2.97. The van der Waals surface area contributed by atoms with Crippen molar-refractivity contribution in [2.75, 3.05) is 0 Å². The zero-order valence-electron chi connectivity index (χ0n) is 17.9. The summed E-state index contributed by atoms with van der Waals surface area (Å²) in [6, 6.07) is -3.47. The third-order valence-corrected chi connectivity index (χ3v) is 22.7. The second kappa shape index (κ2) is 5.05. The molecule has 0 nitrogen and oxygen atoms in total. The van der Waals surface area contributed by atoms with Crippen LogP contribution in [0.2, 0.25) is 0 Å². The summed E-state index contributed by atoms with van der Waals surface area (Å²) in [6.45, 7) is 23.8. The van der Waals surface area contributed by atoms with Gasteiger partial charge in [-0.2, -0.15) is 0 Å². The monoisotopic (exact) mass is 422 g/mol. The molecule has 4 aliphatic rings. The molecule has 0 amide bonds. The number of allylic oxidation sites excluding steroid dienone is 8. The van der Waals surface area contributed by atoms with Crippen LogP contribution >= 0.6 is 12.1 Å². The highest BCUT2D eigenvalue weighted by molar-refractivity contribution is 8.22. The zero-order chi connectivity index (χ0) is 19.8. The van der Waals surface area contributed by atoms with Crippen LogP contribution in [0.15, 0.2) is 43.5 Å². The Morgan fingerprint density at radius 1 is 0.615 bits per heavy atom. The van der Waals surface area contributed by atoms with E-state index in [1.165, 1.54) is 10.6 Å². The number of rotatable bonds is 1. The first kappa shape index (κ1) is 19.6. The predicted octanol–water partition coefficient (Wildman–Crippen LogP) is 7.93. The normalized spacial score (nSPS) is 50.2. The summed E-state index contributed by atoms with van der Waals surface area (Å²) in [4.78, 5) is 0. The molecule has 0 spiro atoms. The Kier molecular flexibility index (Phi) is 3.80. The van der Waals surface area contributed by atoms with Gasteiger partial charge in [-0.1, -0.05) is 73.6 Å². The highest BCUT2D eigenvalue weighted by Crippen LogP contribution is 2.92. The van der Waals surface area contributed by atoms with E-state index in [0.29, 0.717) is 11.3 Å². The first-order valence-corrected chi connectivity index (χ1v) is 15.5. The smallest absolute Gasteiger partial charge is 0.0181 e. The maximum atomic E-state index is 6.62. The highest BCUT2D eigenvalue weighted by atomic mass is 32.4. The van der Waals surface area contributed by atoms with Gasteiger partial charge in [-0.05, 0) is 62.8 Å². The molecule has 4 heteroatoms. The first-order valence-electron chi connectivity index (χ1n) is 9.76. The quantitative estimate of drug-likeness (QED) is 0.394. The van der Waals surface area contributed by atoms with Crippen molar-refractivity contribution in [3.8, 4) is 0 Å². The minimum absolute atomic E-state index is 0.149. The van der Waals surface area contributed by atoms with Gasteiger partial charge >= 0.3 is 0 Å². The summed E-state index contributed by atoms with van der Waals surface area (Å²) in [5.41, 5.74) is 7.62. The van der Waals surface area contributed by atoms with Crippen LogP contribution in [0.3, 0.4) is 0 Å². The molecule has 26 heavy (non-hydrogen) atoms. The molecular formula is C22H32P2S2. The lowest BCUT2D eigenvalue weighted by molar-refractivity contribution is 0.485. The third kappa shape index (κ3) is 1.54. The van der Waals surface area contributed by atoms with E-state index in [0.717, 1.165) is 0 Å². The summed E-state index contributed by atoms with van der Waals surface area (Å²) in [6.07, 6.45) is 0. The van der Waals surface area contributed by atoms with Crippen LogP contribution in [0.25, 0.3) is 0 Å². The molecule has 6 atom stereocenters. The first-order chi connectivity index (χ1) is 11.7. The van der Waals surface area contributed by atoms with E-state index in [4.69, 9.17) is 23.6 Å². The molecule has 0 fully saturated rings. The Morgan fingerprint density at radius 2 is 0.885 bits per heavy atom. The Morgan fingerprint density at radius 3 is 1.12 bits per heavy atom. The molecule has 0 aromatic heterocycles. The fourth-order valence-electron chi connectivity index (χ4n) is 6.76. The van der Waals surface area contributed by atoms with Crippen molar-refractivity contribution in [2.24, 2.45) is 10.8 Å². The fourth-order valence-corrected chi connectivity index (χ4v) is 20.3. The molecule has 4 rings (SSSR count). The maximum Gasteiger partial charge on any atom is 0.0181 e. The van der Waals surface area contributed by atoms with Gasteiger partial charge in [0.15, 0.2) is 0 Å². The van der Waals surface area contributed by atoms with Crippen LogP contribution in [0, 0.1) is 10.8 Å². The van der Waals surface area contributed by atoms with Gasteiger partial charge in [0.25, 0.3) is 0 Å². The number of fused-ring (bicyclic) bond motifs is 4. The maximum absolute atomic E-state index is 6.62. The van der Waals surface area contributed by atoms with E-state index in [1.807, 2.05) is 0 Å². The zero-order valence-corrected chi connectivity index (χ0v) is 21.3. The summed E-state index contributed by atoms with van der Waals surface area (Å²) >= 11 is 13.2. The van der Waals surface area contributed by atoms with Crippen LogP contribution in [-0.4, -0.2) is 11.3 Å². The molecule has 0 radical (unpaired) electrons.